The van der Waals surface area contributed by atoms with Crippen molar-refractivity contribution < 1.29 is 70.3 Å². The van der Waals surface area contributed by atoms with Crippen LogP contribution in [0.15, 0.2) is 30.5 Å². The van der Waals surface area contributed by atoms with Crippen LogP contribution in [0.1, 0.15) is 188 Å². The Morgan fingerprint density at radius 3 is 2.07 bits per heavy atom. The van der Waals surface area contributed by atoms with Crippen molar-refractivity contribution in [2.45, 2.75) is 218 Å². The summed E-state index contributed by atoms with van der Waals surface area (Å²) in [6.45, 7) is 10.4. The summed E-state index contributed by atoms with van der Waals surface area (Å²) >= 11 is 0. The number of halogens is 3. The molecule has 21 heteroatoms. The maximum atomic E-state index is 18.0. The number of unbranched alkanes of at least 4 members (excludes halogenated alkanes) is 10. The van der Waals surface area contributed by atoms with Crippen molar-refractivity contribution >= 4 is 57.6 Å². The molecule has 0 N–H and O–H groups in total. The second-order valence-electron chi connectivity index (χ2n) is 23.9. The van der Waals surface area contributed by atoms with E-state index in [9.17, 15) is 24.0 Å². The molecule has 474 valence electrons. The van der Waals surface area contributed by atoms with E-state index in [2.05, 4.69) is 34.6 Å². The summed E-state index contributed by atoms with van der Waals surface area (Å²) in [7, 11) is 0. The van der Waals surface area contributed by atoms with Gasteiger partial charge < -0.3 is 38.1 Å². The van der Waals surface area contributed by atoms with Gasteiger partial charge in [-0.1, -0.05) is 117 Å². The number of anilines is 1. The molecule has 2 aromatic carbocycles. The minimum atomic E-state index is -1.28. The van der Waals surface area contributed by atoms with Crippen molar-refractivity contribution in [1.29, 1.82) is 0 Å². The average molecular weight is 1210 g/mol. The summed E-state index contributed by atoms with van der Waals surface area (Å²) in [5, 5.41) is 0.477. The largest absolute Gasteiger partial charge is 0.514 e. The highest BCUT2D eigenvalue weighted by Gasteiger charge is 2.50. The summed E-state index contributed by atoms with van der Waals surface area (Å²) in [6.07, 6.45) is 19.7. The molecule has 0 spiro atoms. The van der Waals surface area contributed by atoms with Gasteiger partial charge in [-0.25, -0.2) is 22.8 Å². The molecule has 0 saturated carbocycles. The van der Waals surface area contributed by atoms with Gasteiger partial charge in [0.05, 0.1) is 34.5 Å². The number of pyridine rings is 1. The fourth-order valence-electron chi connectivity index (χ4n) is 12.9. The molecule has 4 saturated heterocycles. The van der Waals surface area contributed by atoms with Crippen LogP contribution in [0.3, 0.4) is 0 Å². The maximum absolute atomic E-state index is 18.0. The highest BCUT2D eigenvalue weighted by atomic mass is 19.1. The quantitative estimate of drug-likeness (QED) is 0.0112. The van der Waals surface area contributed by atoms with Crippen molar-refractivity contribution in [3.05, 3.63) is 47.7 Å². The number of amides is 1. The van der Waals surface area contributed by atoms with E-state index in [4.69, 9.17) is 44.6 Å². The predicted octanol–water partition coefficient (Wildman–Crippen LogP) is 13.4. The number of esters is 3. The van der Waals surface area contributed by atoms with Gasteiger partial charge in [-0.15, -0.1) is 6.42 Å². The lowest BCUT2D eigenvalue weighted by Gasteiger charge is -2.41. The van der Waals surface area contributed by atoms with E-state index in [-0.39, 0.29) is 120 Å². The SMILES string of the molecule is C#Cc1c(F)ccc2cc(OC(=O)OC(COC(=O)CCCCCCCC)COC(=O)CCCCCCCC)cc(-c3ncc4c(N5CC6CCC(C5)N6C(=O)OC(C)OC(=O)C(CCC)CCC)nc(OC[C@@]56CCCN5C[C@H](F)C6)nc4c3F)c12. The number of alkyl halides is 1. The number of carbonyl (C=O) groups excluding carboxylic acids is 5. The number of nitrogens with zero attached hydrogens (tertiary/aromatic N) is 6. The number of piperazine rings is 1. The Morgan fingerprint density at radius 2 is 1.44 bits per heavy atom. The zero-order valence-corrected chi connectivity index (χ0v) is 51.4. The third kappa shape index (κ3) is 17.0. The Morgan fingerprint density at radius 1 is 0.793 bits per heavy atom. The van der Waals surface area contributed by atoms with E-state index < -0.39 is 79.1 Å². The lowest BCUT2D eigenvalue weighted by molar-refractivity contribution is -0.172. The Hall–Kier alpha value is -6.95. The molecule has 8 rings (SSSR count). The van der Waals surface area contributed by atoms with Crippen molar-refractivity contribution in [3.63, 3.8) is 0 Å². The summed E-state index contributed by atoms with van der Waals surface area (Å²) in [6, 6.07) is 4.22. The minimum absolute atomic E-state index is 0.0260. The Balaban J connectivity index is 1.07. The molecule has 2 aromatic heterocycles. The first-order valence-electron chi connectivity index (χ1n) is 31.8. The second-order valence-corrected chi connectivity index (χ2v) is 23.9. The van der Waals surface area contributed by atoms with Gasteiger partial charge in [0.25, 0.3) is 0 Å². The fourth-order valence-corrected chi connectivity index (χ4v) is 12.9. The fraction of sp³-hybridized carbons (Fsp3) is 0.636. The zero-order chi connectivity index (χ0) is 62.0. The third-order valence-corrected chi connectivity index (χ3v) is 17.3. The molecule has 87 heavy (non-hydrogen) atoms. The molecule has 0 aliphatic carbocycles. The molecule has 18 nitrogen and oxygen atoms in total. The number of carbonyl (C=O) groups is 5. The highest BCUT2D eigenvalue weighted by Crippen LogP contribution is 2.43. The molecule has 1 amide bonds. The molecule has 4 aromatic rings. The molecule has 6 heterocycles. The summed E-state index contributed by atoms with van der Waals surface area (Å²) in [5.41, 5.74) is -1.51. The third-order valence-electron chi connectivity index (χ3n) is 17.3. The molecule has 4 aliphatic heterocycles. The van der Waals surface area contributed by atoms with Crippen LogP contribution in [0.2, 0.25) is 0 Å². The van der Waals surface area contributed by atoms with Gasteiger partial charge in [-0.2, -0.15) is 9.97 Å². The van der Waals surface area contributed by atoms with Crippen molar-refractivity contribution in [2.24, 2.45) is 5.92 Å². The van der Waals surface area contributed by atoms with Crippen molar-refractivity contribution in [2.75, 3.05) is 50.9 Å². The molecule has 4 aliphatic rings. The van der Waals surface area contributed by atoms with Gasteiger partial charge >= 0.3 is 36.2 Å². The standard InChI is InChI=1S/C66H87F3N6O12/c1-7-12-14-16-18-20-25-55(76)81-40-50(41-82-56(77)26-21-19-17-15-13-8-2)87-65(80)86-49-33-45-27-30-54(68)51(11-5)57(45)52(34-49)59-58(69)60-53(36-70-59)61(72-63(71-60)83-42-66-31-22-32-74(66)37-46(67)35-66)73-38-47-28-29-48(39-73)75(47)64(79)85-43(6)84-62(78)44(23-9-3)24-10-4/h5,27,30,33-34,36,43-44,46-48,50H,7-10,12-26,28-29,31-32,35,37-42H2,1-4,6H3/t43?,46-,47?,48?,66+/m1/s1. The van der Waals surface area contributed by atoms with E-state index >= 15 is 13.2 Å². The van der Waals surface area contributed by atoms with Crippen LogP contribution in [-0.2, 0) is 38.1 Å². The Kier molecular flexibility index (Phi) is 24.1. The number of hydrogen-bond acceptors (Lipinski definition) is 17. The normalized spacial score (nSPS) is 19.3. The number of hydrogen-bond donors (Lipinski definition) is 0. The van der Waals surface area contributed by atoms with Gasteiger partial charge in [-0.05, 0) is 81.5 Å². The van der Waals surface area contributed by atoms with Crippen LogP contribution in [-0.4, -0.2) is 137 Å². The Bertz CT molecular complexity index is 3020. The first-order valence-corrected chi connectivity index (χ1v) is 31.8. The number of aromatic nitrogens is 3. The zero-order valence-electron chi connectivity index (χ0n) is 51.4. The minimum Gasteiger partial charge on any atom is -0.462 e. The van der Waals surface area contributed by atoms with Gasteiger partial charge in [0.2, 0.25) is 6.29 Å². The number of fused-ring (bicyclic) bond motifs is 5. The average Bonchev–Trinajstić information content (AvgIpc) is 1.50. The van der Waals surface area contributed by atoms with Crippen LogP contribution in [0.4, 0.5) is 28.6 Å². The summed E-state index contributed by atoms with van der Waals surface area (Å²) in [5.74, 6) is -1.04. The number of rotatable bonds is 32. The summed E-state index contributed by atoms with van der Waals surface area (Å²) in [4.78, 5) is 86.3. The van der Waals surface area contributed by atoms with E-state index in [0.29, 0.717) is 51.5 Å². The molecule has 4 fully saturated rings. The predicted molar refractivity (Wildman–Crippen MR) is 322 cm³/mol. The lowest BCUT2D eigenvalue weighted by atomic mass is 9.95. The first kappa shape index (κ1) is 66.0. The maximum Gasteiger partial charge on any atom is 0.514 e. The molecule has 5 atom stereocenters. The van der Waals surface area contributed by atoms with E-state index in [1.807, 2.05) is 18.7 Å². The monoisotopic (exact) mass is 1210 g/mol. The highest BCUT2D eigenvalue weighted by molar-refractivity contribution is 6.03. The smallest absolute Gasteiger partial charge is 0.462 e. The first-order chi connectivity index (χ1) is 42.1. The van der Waals surface area contributed by atoms with Gasteiger partial charge in [0.1, 0.15) is 54.6 Å². The van der Waals surface area contributed by atoms with Crippen LogP contribution >= 0.6 is 0 Å². The van der Waals surface area contributed by atoms with Crippen LogP contribution in [0, 0.1) is 29.9 Å². The van der Waals surface area contributed by atoms with Crippen LogP contribution < -0.4 is 14.4 Å². The molecular formula is C66H87F3N6O12. The molecular weight excluding hydrogens is 1130 g/mol. The van der Waals surface area contributed by atoms with Gasteiger partial charge in [0, 0.05) is 63.0 Å². The van der Waals surface area contributed by atoms with Gasteiger partial charge in [0.15, 0.2) is 11.9 Å². The van der Waals surface area contributed by atoms with E-state index in [1.54, 1.807) is 4.90 Å². The lowest BCUT2D eigenvalue weighted by Crippen LogP contribution is -2.56. The number of ether oxygens (including phenoxy) is 7. The Labute approximate surface area is 509 Å². The summed E-state index contributed by atoms with van der Waals surface area (Å²) < 4.78 is 89.0. The van der Waals surface area contributed by atoms with Crippen LogP contribution in [0.25, 0.3) is 32.9 Å². The van der Waals surface area contributed by atoms with E-state index in [1.165, 1.54) is 31.3 Å². The number of benzene rings is 2. The molecule has 0 radical (unpaired) electrons. The van der Waals surface area contributed by atoms with Crippen molar-refractivity contribution in [1.82, 2.24) is 24.8 Å². The second kappa shape index (κ2) is 31.8. The van der Waals surface area contributed by atoms with Gasteiger partial charge in [-0.3, -0.25) is 29.2 Å². The molecule has 2 bridgehead atoms. The molecule has 3 unspecified atom stereocenters. The van der Waals surface area contributed by atoms with E-state index in [0.717, 1.165) is 89.5 Å². The topological polar surface area (TPSA) is 198 Å². The number of terminal acetylenes is 1. The van der Waals surface area contributed by atoms with Crippen molar-refractivity contribution in [3.8, 4) is 35.4 Å². The van der Waals surface area contributed by atoms with Crippen LogP contribution in [0.5, 0.6) is 11.8 Å².